The van der Waals surface area contributed by atoms with E-state index in [1.807, 2.05) is 12.5 Å². The van der Waals surface area contributed by atoms with Gasteiger partial charge in [-0.3, -0.25) is 4.79 Å². The van der Waals surface area contributed by atoms with Gasteiger partial charge in [-0.25, -0.2) is 0 Å². The number of carbonyl (C=O) groups excluding carboxylic acids is 1. The van der Waals surface area contributed by atoms with Gasteiger partial charge in [-0.1, -0.05) is 38.0 Å². The fourth-order valence-electron chi connectivity index (χ4n) is 0.947. The zero-order valence-electron chi connectivity index (χ0n) is 8.33. The van der Waals surface area contributed by atoms with Gasteiger partial charge >= 0.3 is 6.41 Å². The maximum absolute atomic E-state index is 10.3. The largest absolute Gasteiger partial charge is 0.327 e. The molecule has 1 amide bonds. The number of rotatable bonds is 8. The molecule has 0 aliphatic carbocycles. The van der Waals surface area contributed by atoms with Crippen LogP contribution in [0.1, 0.15) is 26.2 Å². The van der Waals surface area contributed by atoms with Crippen LogP contribution in [0.3, 0.4) is 0 Å². The Kier molecular flexibility index (Phi) is 8.31. The Morgan fingerprint density at radius 3 is 2.69 bits per heavy atom. The van der Waals surface area contributed by atoms with E-state index < -0.39 is 0 Å². The van der Waals surface area contributed by atoms with Crippen molar-refractivity contribution in [1.82, 2.24) is 4.90 Å². The molecule has 0 atom stereocenters. The molecular weight excluding hydrogens is 162 g/mol. The van der Waals surface area contributed by atoms with Gasteiger partial charge in [-0.15, -0.1) is 6.58 Å². The first-order valence-corrected chi connectivity index (χ1v) is 4.73. The summed E-state index contributed by atoms with van der Waals surface area (Å²) in [6, 6.07) is 0. The van der Waals surface area contributed by atoms with Crippen LogP contribution in [0.5, 0.6) is 0 Å². The number of amides is 1. The molecule has 0 fully saturated rings. The minimum Gasteiger partial charge on any atom is -0.327 e. The summed E-state index contributed by atoms with van der Waals surface area (Å²) in [5.41, 5.74) is 0. The van der Waals surface area contributed by atoms with E-state index in [-0.39, 0.29) is 0 Å². The van der Waals surface area contributed by atoms with Crippen LogP contribution in [0.2, 0.25) is 0 Å². The highest BCUT2D eigenvalue weighted by atomic mass is 16.1. The number of nitrogens with zero attached hydrogens (tertiary/aromatic N) is 1. The summed E-state index contributed by atoms with van der Waals surface area (Å²) in [7, 11) is 0. The smallest absolute Gasteiger partial charge is 0.312 e. The standard InChI is InChI=1S/C11H18NO/c1-3-5-6-7-8-10-12(11-13)9-4-2/h4,7-8H,2-3,5-6,9-10H2,1H3. The summed E-state index contributed by atoms with van der Waals surface area (Å²) in [6.45, 7) is 6.93. The van der Waals surface area contributed by atoms with Crippen molar-refractivity contribution in [2.24, 2.45) is 0 Å². The van der Waals surface area contributed by atoms with E-state index in [0.717, 1.165) is 6.42 Å². The first-order chi connectivity index (χ1) is 6.35. The van der Waals surface area contributed by atoms with Gasteiger partial charge in [0.05, 0.1) is 0 Å². The molecule has 0 rings (SSSR count). The minimum atomic E-state index is 0.571. The first-order valence-electron chi connectivity index (χ1n) is 4.73. The van der Waals surface area contributed by atoms with Crippen LogP contribution in [-0.4, -0.2) is 24.4 Å². The van der Waals surface area contributed by atoms with Gasteiger partial charge in [-0.2, -0.15) is 0 Å². The highest BCUT2D eigenvalue weighted by Gasteiger charge is 1.94. The van der Waals surface area contributed by atoms with Gasteiger partial charge in [0.25, 0.3) is 0 Å². The highest BCUT2D eigenvalue weighted by Crippen LogP contribution is 1.95. The zero-order chi connectivity index (χ0) is 9.94. The van der Waals surface area contributed by atoms with Crippen LogP contribution in [0.4, 0.5) is 0 Å². The fourth-order valence-corrected chi connectivity index (χ4v) is 0.947. The van der Waals surface area contributed by atoms with Crippen LogP contribution in [0.25, 0.3) is 0 Å². The van der Waals surface area contributed by atoms with E-state index in [1.54, 1.807) is 11.0 Å². The maximum atomic E-state index is 10.3. The highest BCUT2D eigenvalue weighted by molar-refractivity contribution is 5.48. The molecule has 0 aliphatic heterocycles. The second-order valence-corrected chi connectivity index (χ2v) is 2.90. The van der Waals surface area contributed by atoms with Crippen LogP contribution < -0.4 is 0 Å². The first kappa shape index (κ1) is 11.9. The van der Waals surface area contributed by atoms with Gasteiger partial charge in [-0.05, 0) is 6.42 Å². The van der Waals surface area contributed by atoms with E-state index in [4.69, 9.17) is 0 Å². The molecule has 0 aromatic rings. The molecule has 2 heteroatoms. The molecule has 0 aromatic heterocycles. The molecule has 0 saturated heterocycles. The maximum Gasteiger partial charge on any atom is 0.312 e. The number of unbranched alkanes of at least 4 members (excludes halogenated alkanes) is 2. The molecule has 0 spiro atoms. The van der Waals surface area contributed by atoms with E-state index in [2.05, 4.69) is 19.6 Å². The topological polar surface area (TPSA) is 20.3 Å². The average Bonchev–Trinajstić information content (AvgIpc) is 2.16. The molecule has 0 unspecified atom stereocenters. The van der Waals surface area contributed by atoms with Crippen LogP contribution >= 0.6 is 0 Å². The SMILES string of the molecule is C=CCN([C]=O)CC=CCCCC. The molecule has 0 N–H and O–H groups in total. The van der Waals surface area contributed by atoms with Crippen LogP contribution in [-0.2, 0) is 4.79 Å². The van der Waals surface area contributed by atoms with Crippen molar-refractivity contribution >= 4 is 6.41 Å². The van der Waals surface area contributed by atoms with E-state index in [0.29, 0.717) is 13.1 Å². The molecule has 1 radical (unpaired) electrons. The lowest BCUT2D eigenvalue weighted by Crippen LogP contribution is -2.21. The number of hydrogen-bond acceptors (Lipinski definition) is 1. The second kappa shape index (κ2) is 9.04. The van der Waals surface area contributed by atoms with Crippen LogP contribution in [0, 0.1) is 0 Å². The number of hydrogen-bond donors (Lipinski definition) is 0. The van der Waals surface area contributed by atoms with Crippen molar-refractivity contribution in [3.63, 3.8) is 0 Å². The Labute approximate surface area is 80.9 Å². The van der Waals surface area contributed by atoms with E-state index in [9.17, 15) is 4.79 Å². The second-order valence-electron chi connectivity index (χ2n) is 2.90. The molecule has 0 saturated carbocycles. The van der Waals surface area contributed by atoms with Crippen molar-refractivity contribution in [3.05, 3.63) is 24.8 Å². The molecule has 0 bridgehead atoms. The summed E-state index contributed by atoms with van der Waals surface area (Å²) >= 11 is 0. The third-order valence-electron chi connectivity index (χ3n) is 1.70. The Balaban J connectivity index is 3.51. The van der Waals surface area contributed by atoms with E-state index >= 15 is 0 Å². The molecule has 73 valence electrons. The van der Waals surface area contributed by atoms with Gasteiger partial charge in [0.15, 0.2) is 0 Å². The van der Waals surface area contributed by atoms with Gasteiger partial charge < -0.3 is 4.90 Å². The molecular formula is C11H18NO. The zero-order valence-corrected chi connectivity index (χ0v) is 8.33. The summed E-state index contributed by atoms with van der Waals surface area (Å²) in [5.74, 6) is 0. The van der Waals surface area contributed by atoms with Crippen molar-refractivity contribution in [2.45, 2.75) is 26.2 Å². The molecule has 2 nitrogen and oxygen atoms in total. The quantitative estimate of drug-likeness (QED) is 0.319. The molecule has 13 heavy (non-hydrogen) atoms. The lowest BCUT2D eigenvalue weighted by Gasteiger charge is -2.09. The molecule has 0 aromatic carbocycles. The van der Waals surface area contributed by atoms with Gasteiger partial charge in [0, 0.05) is 13.1 Å². The lowest BCUT2D eigenvalue weighted by molar-refractivity contribution is 0.437. The van der Waals surface area contributed by atoms with Gasteiger partial charge in [0.2, 0.25) is 0 Å². The predicted octanol–water partition coefficient (Wildman–Crippen LogP) is 2.29. The Morgan fingerprint density at radius 1 is 1.38 bits per heavy atom. The van der Waals surface area contributed by atoms with Crippen LogP contribution in [0.15, 0.2) is 24.8 Å². The Hall–Kier alpha value is -1.05. The Morgan fingerprint density at radius 2 is 2.15 bits per heavy atom. The number of allylic oxidation sites excluding steroid dienone is 1. The lowest BCUT2D eigenvalue weighted by atomic mass is 10.2. The monoisotopic (exact) mass is 180 g/mol. The Bertz CT molecular complexity index is 163. The molecule has 0 heterocycles. The van der Waals surface area contributed by atoms with Crippen molar-refractivity contribution in [1.29, 1.82) is 0 Å². The summed E-state index contributed by atoms with van der Waals surface area (Å²) < 4.78 is 0. The summed E-state index contributed by atoms with van der Waals surface area (Å²) in [6.07, 6.45) is 11.2. The average molecular weight is 180 g/mol. The van der Waals surface area contributed by atoms with Crippen molar-refractivity contribution < 1.29 is 4.79 Å². The third-order valence-corrected chi connectivity index (χ3v) is 1.70. The van der Waals surface area contributed by atoms with Crippen molar-refractivity contribution in [2.75, 3.05) is 13.1 Å². The normalized spacial score (nSPS) is 10.2. The predicted molar refractivity (Wildman–Crippen MR) is 56.1 cm³/mol. The fraction of sp³-hybridized carbons (Fsp3) is 0.545. The molecule has 0 aliphatic rings. The van der Waals surface area contributed by atoms with E-state index in [1.165, 1.54) is 12.8 Å². The summed E-state index contributed by atoms with van der Waals surface area (Å²) in [4.78, 5) is 11.9. The minimum absolute atomic E-state index is 0.571. The van der Waals surface area contributed by atoms with Gasteiger partial charge in [0.1, 0.15) is 0 Å². The third kappa shape index (κ3) is 7.32. The summed E-state index contributed by atoms with van der Waals surface area (Å²) in [5, 5.41) is 0. The van der Waals surface area contributed by atoms with Crippen molar-refractivity contribution in [3.8, 4) is 0 Å².